The van der Waals surface area contributed by atoms with E-state index in [1.54, 1.807) is 6.92 Å². The Morgan fingerprint density at radius 2 is 1.53 bits per heavy atom. The quantitative estimate of drug-likeness (QED) is 0.284. The molecule has 34 heavy (non-hydrogen) atoms. The highest BCUT2D eigenvalue weighted by Gasteiger charge is 2.68. The lowest BCUT2D eigenvalue weighted by atomic mass is 9.33. The first kappa shape index (κ1) is 24.9. The normalized spacial score (nSPS) is 51.1. The molecule has 0 aromatic carbocycles. The van der Waals surface area contributed by atoms with Crippen molar-refractivity contribution in [2.45, 2.75) is 133 Å². The Labute approximate surface area is 210 Å². The molecular formula is C32H52O2. The van der Waals surface area contributed by atoms with Gasteiger partial charge in [-0.25, -0.2) is 0 Å². The predicted octanol–water partition coefficient (Wildman–Crippen LogP) is 8.74. The van der Waals surface area contributed by atoms with E-state index in [4.69, 9.17) is 4.74 Å². The van der Waals surface area contributed by atoms with Crippen LogP contribution in [0.2, 0.25) is 0 Å². The van der Waals surface area contributed by atoms with Crippen LogP contribution in [-0.2, 0) is 9.53 Å². The van der Waals surface area contributed by atoms with Gasteiger partial charge in [-0.15, -0.1) is 0 Å². The highest BCUT2D eigenvalue weighted by molar-refractivity contribution is 5.66. The van der Waals surface area contributed by atoms with Crippen molar-refractivity contribution in [2.75, 3.05) is 0 Å². The van der Waals surface area contributed by atoms with E-state index >= 15 is 0 Å². The van der Waals surface area contributed by atoms with Crippen molar-refractivity contribution in [3.8, 4) is 0 Å². The molecule has 0 N–H and O–H groups in total. The maximum atomic E-state index is 11.9. The molecule has 0 amide bonds. The van der Waals surface area contributed by atoms with Crippen LogP contribution in [0.15, 0.2) is 11.6 Å². The Morgan fingerprint density at radius 1 is 0.853 bits per heavy atom. The fourth-order valence-corrected chi connectivity index (χ4v) is 10.9. The second-order valence-electron chi connectivity index (χ2n) is 15.8. The van der Waals surface area contributed by atoms with E-state index in [1.165, 1.54) is 57.8 Å². The number of carbonyl (C=O) groups is 1. The van der Waals surface area contributed by atoms with Crippen LogP contribution in [-0.4, -0.2) is 12.1 Å². The van der Waals surface area contributed by atoms with Crippen LogP contribution in [0.1, 0.15) is 127 Å². The molecule has 0 spiro atoms. The molecule has 5 aliphatic carbocycles. The summed E-state index contributed by atoms with van der Waals surface area (Å²) in [6.45, 7) is 22.0. The molecule has 2 heteroatoms. The van der Waals surface area contributed by atoms with E-state index in [9.17, 15) is 4.79 Å². The van der Waals surface area contributed by atoms with Gasteiger partial charge in [0.15, 0.2) is 0 Å². The van der Waals surface area contributed by atoms with Crippen molar-refractivity contribution in [3.05, 3.63) is 11.6 Å². The van der Waals surface area contributed by atoms with Gasteiger partial charge in [0.1, 0.15) is 6.10 Å². The van der Waals surface area contributed by atoms with Crippen LogP contribution in [0.4, 0.5) is 0 Å². The summed E-state index contributed by atoms with van der Waals surface area (Å²) in [4.78, 5) is 11.9. The number of hydrogen-bond acceptors (Lipinski definition) is 2. The van der Waals surface area contributed by atoms with Crippen LogP contribution < -0.4 is 0 Å². The fourth-order valence-electron chi connectivity index (χ4n) is 10.9. The monoisotopic (exact) mass is 468 g/mol. The molecule has 0 aliphatic heterocycles. The Bertz CT molecular complexity index is 897. The molecule has 0 aromatic heterocycles. The van der Waals surface area contributed by atoms with Crippen LogP contribution >= 0.6 is 0 Å². The summed E-state index contributed by atoms with van der Waals surface area (Å²) in [5.74, 6) is 2.01. The molecule has 0 heterocycles. The summed E-state index contributed by atoms with van der Waals surface area (Å²) >= 11 is 0. The van der Waals surface area contributed by atoms with Crippen molar-refractivity contribution in [2.24, 2.45) is 50.2 Å². The van der Waals surface area contributed by atoms with Gasteiger partial charge in [0.05, 0.1) is 0 Å². The van der Waals surface area contributed by atoms with E-state index in [0.29, 0.717) is 33.0 Å². The molecule has 0 saturated heterocycles. The van der Waals surface area contributed by atoms with Crippen LogP contribution in [0, 0.1) is 50.2 Å². The highest BCUT2D eigenvalue weighted by Crippen LogP contribution is 2.75. The Kier molecular flexibility index (Phi) is 5.40. The molecule has 8 atom stereocenters. The largest absolute Gasteiger partial charge is 0.462 e. The molecule has 0 radical (unpaired) electrons. The third-order valence-electron chi connectivity index (χ3n) is 13.3. The van der Waals surface area contributed by atoms with Gasteiger partial charge in [-0.05, 0) is 109 Å². The molecule has 0 bridgehead atoms. The lowest BCUT2D eigenvalue weighted by molar-refractivity contribution is -0.211. The summed E-state index contributed by atoms with van der Waals surface area (Å²) in [6, 6.07) is 0. The Balaban J connectivity index is 1.53. The first-order valence-corrected chi connectivity index (χ1v) is 14.5. The van der Waals surface area contributed by atoms with E-state index < -0.39 is 0 Å². The van der Waals surface area contributed by atoms with Gasteiger partial charge in [0.2, 0.25) is 0 Å². The molecular weight excluding hydrogens is 416 g/mol. The maximum absolute atomic E-state index is 11.9. The Hall–Kier alpha value is -0.790. The number of carbonyl (C=O) groups excluding carboxylic acids is 1. The van der Waals surface area contributed by atoms with Crippen molar-refractivity contribution in [1.82, 2.24) is 0 Å². The summed E-state index contributed by atoms with van der Waals surface area (Å²) in [5, 5.41) is 0. The van der Waals surface area contributed by atoms with E-state index in [0.717, 1.165) is 18.3 Å². The van der Waals surface area contributed by atoms with Gasteiger partial charge in [-0.2, -0.15) is 0 Å². The second kappa shape index (κ2) is 7.38. The van der Waals surface area contributed by atoms with Gasteiger partial charge in [0, 0.05) is 12.3 Å². The summed E-state index contributed by atoms with van der Waals surface area (Å²) in [6.07, 6.45) is 15.9. The number of esters is 1. The summed E-state index contributed by atoms with van der Waals surface area (Å²) in [5.41, 5.74) is 3.92. The lowest BCUT2D eigenvalue weighted by Gasteiger charge is -2.71. The molecule has 7 unspecified atom stereocenters. The molecule has 4 fully saturated rings. The number of hydrogen-bond donors (Lipinski definition) is 0. The second-order valence-corrected chi connectivity index (χ2v) is 15.8. The number of allylic oxidation sites excluding steroid dienone is 2. The number of fused-ring (bicyclic) bond motifs is 7. The van der Waals surface area contributed by atoms with Gasteiger partial charge in [0.25, 0.3) is 0 Å². The average molecular weight is 469 g/mol. The van der Waals surface area contributed by atoms with E-state index in [1.807, 2.05) is 5.57 Å². The van der Waals surface area contributed by atoms with E-state index in [2.05, 4.69) is 61.5 Å². The zero-order valence-corrected chi connectivity index (χ0v) is 23.8. The zero-order chi connectivity index (χ0) is 24.9. The molecule has 2 nitrogen and oxygen atoms in total. The topological polar surface area (TPSA) is 26.3 Å². The number of ether oxygens (including phenoxy) is 1. The van der Waals surface area contributed by atoms with Gasteiger partial charge in [-0.1, -0.05) is 67.0 Å². The molecule has 192 valence electrons. The minimum absolute atomic E-state index is 0.0451. The molecule has 0 aromatic rings. The maximum Gasteiger partial charge on any atom is 0.302 e. The molecule has 4 saturated carbocycles. The van der Waals surface area contributed by atoms with Crippen molar-refractivity contribution < 1.29 is 9.53 Å². The third-order valence-corrected chi connectivity index (χ3v) is 13.3. The first-order chi connectivity index (χ1) is 15.6. The highest BCUT2D eigenvalue weighted by atomic mass is 16.5. The SMILES string of the molecule is CC(=O)O[C@@H]1CCC2(C)C(CCC3(C)C2CC=C2C4CC(C)(C)CCC4(C)CCC23C)C1(C)C. The smallest absolute Gasteiger partial charge is 0.302 e. The van der Waals surface area contributed by atoms with Gasteiger partial charge in [-0.3, -0.25) is 4.79 Å². The predicted molar refractivity (Wildman–Crippen MR) is 140 cm³/mol. The first-order valence-electron chi connectivity index (χ1n) is 14.5. The molecule has 5 aliphatic rings. The fraction of sp³-hybridized carbons (Fsp3) is 0.906. The van der Waals surface area contributed by atoms with Crippen LogP contribution in [0.3, 0.4) is 0 Å². The standard InChI is InChI=1S/C32H52O2/c1-21(33)34-26-13-14-30(7)24(28(26,4)5)12-15-32(9)25(30)11-10-22-23-20-27(2,3)16-17-29(23,6)18-19-31(22,32)8/h10,23-26H,11-20H2,1-9H3/t23?,24?,25?,26-,29?,30?,31?,32?/m1/s1. The van der Waals surface area contributed by atoms with Gasteiger partial charge < -0.3 is 4.74 Å². The van der Waals surface area contributed by atoms with Gasteiger partial charge >= 0.3 is 5.97 Å². The number of rotatable bonds is 1. The summed E-state index contributed by atoms with van der Waals surface area (Å²) < 4.78 is 5.91. The minimum Gasteiger partial charge on any atom is -0.462 e. The lowest BCUT2D eigenvalue weighted by Crippen LogP contribution is -2.64. The molecule has 5 rings (SSSR count). The minimum atomic E-state index is -0.110. The van der Waals surface area contributed by atoms with Crippen molar-refractivity contribution >= 4 is 5.97 Å². The zero-order valence-electron chi connectivity index (χ0n) is 23.8. The van der Waals surface area contributed by atoms with Crippen LogP contribution in [0.25, 0.3) is 0 Å². The van der Waals surface area contributed by atoms with Crippen molar-refractivity contribution in [1.29, 1.82) is 0 Å². The van der Waals surface area contributed by atoms with Crippen LogP contribution in [0.5, 0.6) is 0 Å². The average Bonchev–Trinajstić information content (AvgIpc) is 2.72. The third kappa shape index (κ3) is 3.21. The summed E-state index contributed by atoms with van der Waals surface area (Å²) in [7, 11) is 0. The van der Waals surface area contributed by atoms with E-state index in [-0.39, 0.29) is 17.5 Å². The Morgan fingerprint density at radius 3 is 2.21 bits per heavy atom. The van der Waals surface area contributed by atoms with Crippen molar-refractivity contribution in [3.63, 3.8) is 0 Å².